The molecule has 0 unspecified atom stereocenters. The molecule has 0 aliphatic carbocycles. The van der Waals surface area contributed by atoms with Gasteiger partial charge in [-0.3, -0.25) is 0 Å². The van der Waals surface area contributed by atoms with Gasteiger partial charge in [0.1, 0.15) is 0 Å². The summed E-state index contributed by atoms with van der Waals surface area (Å²) in [4.78, 5) is 11.9. The molecule has 0 heterocycles. The highest BCUT2D eigenvalue weighted by Crippen LogP contribution is 2.26. The molecule has 160 valence electrons. The van der Waals surface area contributed by atoms with E-state index in [1.165, 1.54) is 11.1 Å². The molecule has 3 rings (SSSR count). The summed E-state index contributed by atoms with van der Waals surface area (Å²) in [7, 11) is 0. The van der Waals surface area contributed by atoms with Gasteiger partial charge in [0.05, 0.1) is 23.2 Å². The molecule has 0 saturated heterocycles. The van der Waals surface area contributed by atoms with Crippen LogP contribution in [0.25, 0.3) is 0 Å². The first-order valence-corrected chi connectivity index (χ1v) is 10.8. The first kappa shape index (κ1) is 22.8. The lowest BCUT2D eigenvalue weighted by Gasteiger charge is -2.24. The van der Waals surface area contributed by atoms with E-state index >= 15 is 0 Å². The molecule has 0 saturated carbocycles. The molecular formula is C25H25ClN2O2S. The van der Waals surface area contributed by atoms with Crippen LogP contribution in [0.2, 0.25) is 5.02 Å². The molecule has 0 aliphatic heterocycles. The Morgan fingerprint density at radius 2 is 1.81 bits per heavy atom. The van der Waals surface area contributed by atoms with E-state index in [9.17, 15) is 4.79 Å². The summed E-state index contributed by atoms with van der Waals surface area (Å²) in [6, 6.07) is 21.5. The van der Waals surface area contributed by atoms with E-state index < -0.39 is 5.97 Å². The van der Waals surface area contributed by atoms with Gasteiger partial charge in [-0.25, -0.2) is 4.79 Å². The van der Waals surface area contributed by atoms with Crippen LogP contribution in [0.1, 0.15) is 45.6 Å². The van der Waals surface area contributed by atoms with Gasteiger partial charge in [-0.1, -0.05) is 65.7 Å². The van der Waals surface area contributed by atoms with Crippen molar-refractivity contribution in [1.82, 2.24) is 5.32 Å². The van der Waals surface area contributed by atoms with E-state index in [1.54, 1.807) is 25.1 Å². The van der Waals surface area contributed by atoms with Gasteiger partial charge in [0.2, 0.25) is 0 Å². The van der Waals surface area contributed by atoms with Crippen molar-refractivity contribution in [2.75, 3.05) is 11.9 Å². The molecule has 0 radical (unpaired) electrons. The Balaban J connectivity index is 1.81. The number of nitrogens with one attached hydrogen (secondary N) is 2. The summed E-state index contributed by atoms with van der Waals surface area (Å²) in [5.74, 6) is -0.446. The van der Waals surface area contributed by atoms with Crippen molar-refractivity contribution in [3.05, 3.63) is 99.6 Å². The van der Waals surface area contributed by atoms with Crippen LogP contribution >= 0.6 is 23.8 Å². The molecule has 0 spiro atoms. The van der Waals surface area contributed by atoms with Crippen molar-refractivity contribution >= 4 is 40.6 Å². The maximum Gasteiger partial charge on any atom is 0.339 e. The summed E-state index contributed by atoms with van der Waals surface area (Å²) in [6.07, 6.45) is 0. The quantitative estimate of drug-likeness (QED) is 0.344. The molecule has 31 heavy (non-hydrogen) atoms. The van der Waals surface area contributed by atoms with Crippen LogP contribution in [0.15, 0.2) is 66.7 Å². The fraction of sp³-hybridized carbons (Fsp3) is 0.200. The minimum atomic E-state index is -0.446. The largest absolute Gasteiger partial charge is 0.462 e. The third-order valence-electron chi connectivity index (χ3n) is 4.87. The lowest BCUT2D eigenvalue weighted by Crippen LogP contribution is -2.33. The summed E-state index contributed by atoms with van der Waals surface area (Å²) >= 11 is 11.9. The summed E-state index contributed by atoms with van der Waals surface area (Å²) in [5, 5.41) is 7.34. The average Bonchev–Trinajstić information content (AvgIpc) is 2.73. The number of hydrogen-bond donors (Lipinski definition) is 2. The first-order chi connectivity index (χ1) is 14.9. The lowest BCUT2D eigenvalue weighted by molar-refractivity contribution is 0.0526. The second kappa shape index (κ2) is 10.4. The fourth-order valence-corrected chi connectivity index (χ4v) is 3.89. The van der Waals surface area contributed by atoms with Gasteiger partial charge in [0, 0.05) is 5.69 Å². The zero-order chi connectivity index (χ0) is 22.4. The van der Waals surface area contributed by atoms with Crippen molar-refractivity contribution in [3.8, 4) is 0 Å². The SMILES string of the molecule is CCOC(=O)c1ccc(NC(=S)N[C@@H](c2ccccc2)c2ccc(C)cc2C)cc1Cl. The predicted octanol–water partition coefficient (Wildman–Crippen LogP) is 6.21. The Hall–Kier alpha value is -2.89. The number of aryl methyl sites for hydroxylation is 2. The van der Waals surface area contributed by atoms with Crippen molar-refractivity contribution < 1.29 is 9.53 Å². The summed E-state index contributed by atoms with van der Waals surface area (Å²) in [5.41, 5.74) is 5.66. The van der Waals surface area contributed by atoms with Crippen LogP contribution in [0.3, 0.4) is 0 Å². The Morgan fingerprint density at radius 3 is 2.45 bits per heavy atom. The zero-order valence-electron chi connectivity index (χ0n) is 17.7. The molecule has 6 heteroatoms. The molecule has 4 nitrogen and oxygen atoms in total. The Morgan fingerprint density at radius 1 is 1.06 bits per heavy atom. The van der Waals surface area contributed by atoms with Gasteiger partial charge in [0.15, 0.2) is 5.11 Å². The number of halogens is 1. The van der Waals surface area contributed by atoms with Gasteiger partial charge >= 0.3 is 5.97 Å². The molecule has 0 aliphatic rings. The molecule has 3 aromatic rings. The monoisotopic (exact) mass is 452 g/mol. The third kappa shape index (κ3) is 5.84. The Bertz CT molecular complexity index is 1090. The van der Waals surface area contributed by atoms with Crippen LogP contribution in [0.5, 0.6) is 0 Å². The molecule has 3 aromatic carbocycles. The number of carbonyl (C=O) groups excluding carboxylic acids is 1. The molecule has 0 amide bonds. The Labute approximate surface area is 193 Å². The van der Waals surface area contributed by atoms with E-state index in [-0.39, 0.29) is 6.04 Å². The number of ether oxygens (including phenoxy) is 1. The summed E-state index contributed by atoms with van der Waals surface area (Å²) < 4.78 is 5.02. The number of benzene rings is 3. The average molecular weight is 453 g/mol. The second-order valence-electron chi connectivity index (χ2n) is 7.22. The molecule has 0 aromatic heterocycles. The van der Waals surface area contributed by atoms with E-state index in [1.807, 2.05) is 18.2 Å². The highest BCUT2D eigenvalue weighted by molar-refractivity contribution is 7.80. The molecular weight excluding hydrogens is 428 g/mol. The molecule has 0 fully saturated rings. The van der Waals surface area contributed by atoms with Crippen LogP contribution in [0, 0.1) is 13.8 Å². The normalized spacial score (nSPS) is 11.5. The third-order valence-corrected chi connectivity index (χ3v) is 5.40. The minimum absolute atomic E-state index is 0.115. The highest BCUT2D eigenvalue weighted by atomic mass is 35.5. The van der Waals surface area contributed by atoms with Crippen LogP contribution in [0.4, 0.5) is 5.69 Å². The number of anilines is 1. The smallest absolute Gasteiger partial charge is 0.339 e. The van der Waals surface area contributed by atoms with Crippen molar-refractivity contribution in [1.29, 1.82) is 0 Å². The highest BCUT2D eigenvalue weighted by Gasteiger charge is 2.18. The number of thiocarbonyl (C=S) groups is 1. The van der Waals surface area contributed by atoms with Crippen LogP contribution in [-0.4, -0.2) is 17.7 Å². The molecule has 1 atom stereocenters. The molecule has 0 bridgehead atoms. The van der Waals surface area contributed by atoms with E-state index in [0.29, 0.717) is 28.0 Å². The van der Waals surface area contributed by atoms with Gasteiger partial charge in [-0.2, -0.15) is 0 Å². The van der Waals surface area contributed by atoms with E-state index in [4.69, 9.17) is 28.6 Å². The van der Waals surface area contributed by atoms with Gasteiger partial charge in [-0.05, 0) is 67.9 Å². The number of rotatable bonds is 6. The standard InChI is InChI=1S/C25H25ClN2O2S/c1-4-30-24(29)21-13-11-19(15-22(21)26)27-25(31)28-23(18-8-6-5-7-9-18)20-12-10-16(2)14-17(20)3/h5-15,23H,4H2,1-3H3,(H2,27,28,31)/t23-/m0/s1. The fourth-order valence-electron chi connectivity index (χ4n) is 3.40. The van der Waals surface area contributed by atoms with Crippen LogP contribution in [-0.2, 0) is 4.74 Å². The number of hydrogen-bond acceptors (Lipinski definition) is 3. The van der Waals surface area contributed by atoms with Gasteiger partial charge in [-0.15, -0.1) is 0 Å². The lowest BCUT2D eigenvalue weighted by atomic mass is 9.94. The maximum absolute atomic E-state index is 11.9. The summed E-state index contributed by atoms with van der Waals surface area (Å²) in [6.45, 7) is 6.23. The van der Waals surface area contributed by atoms with Crippen molar-refractivity contribution in [2.24, 2.45) is 0 Å². The molecule has 2 N–H and O–H groups in total. The van der Waals surface area contributed by atoms with E-state index in [0.717, 1.165) is 11.1 Å². The predicted molar refractivity (Wildman–Crippen MR) is 131 cm³/mol. The zero-order valence-corrected chi connectivity index (χ0v) is 19.3. The number of esters is 1. The maximum atomic E-state index is 11.9. The topological polar surface area (TPSA) is 50.4 Å². The van der Waals surface area contributed by atoms with Gasteiger partial charge < -0.3 is 15.4 Å². The van der Waals surface area contributed by atoms with Crippen molar-refractivity contribution in [2.45, 2.75) is 26.8 Å². The Kier molecular flexibility index (Phi) is 7.66. The van der Waals surface area contributed by atoms with Crippen LogP contribution < -0.4 is 10.6 Å². The van der Waals surface area contributed by atoms with Gasteiger partial charge in [0.25, 0.3) is 0 Å². The van der Waals surface area contributed by atoms with E-state index in [2.05, 4.69) is 54.8 Å². The first-order valence-electron chi connectivity index (χ1n) is 10.0. The second-order valence-corrected chi connectivity index (χ2v) is 8.03. The minimum Gasteiger partial charge on any atom is -0.462 e. The number of carbonyl (C=O) groups is 1. The van der Waals surface area contributed by atoms with Crippen molar-refractivity contribution in [3.63, 3.8) is 0 Å².